The summed E-state index contributed by atoms with van der Waals surface area (Å²) in [7, 11) is 0. The molecule has 0 aromatic heterocycles. The Morgan fingerprint density at radius 2 is 2.44 bits per heavy atom. The minimum absolute atomic E-state index is 0.145. The number of carboxylic acids is 1. The smallest absolute Gasteiger partial charge is 0.304 e. The summed E-state index contributed by atoms with van der Waals surface area (Å²) in [6.07, 6.45) is 0.145. The Kier molecular flexibility index (Phi) is 5.03. The van der Waals surface area contributed by atoms with Gasteiger partial charge in [0.25, 0.3) is 0 Å². The molecule has 0 aromatic rings. The molecule has 50 valence electrons. The van der Waals surface area contributed by atoms with E-state index in [2.05, 4.69) is 0 Å². The number of nitrogens with zero attached hydrogens (tertiary/aromatic N) is 1. The largest absolute Gasteiger partial charge is 0.481 e. The molecular weight excluding hydrogens is 138 g/mol. The number of aliphatic carboxylic acids is 1. The van der Waals surface area contributed by atoms with E-state index in [0.717, 1.165) is 0 Å². The maximum atomic E-state index is 9.87. The Hall–Kier alpha value is -0.690. The predicted octanol–water partition coefficient (Wildman–Crippen LogP) is 0.718. The lowest BCUT2D eigenvalue weighted by molar-refractivity contribution is -0.136. The molecule has 1 N–H and O–H groups in total. The molecule has 0 bridgehead atoms. The van der Waals surface area contributed by atoms with E-state index in [-0.39, 0.29) is 6.42 Å². The van der Waals surface area contributed by atoms with E-state index in [0.29, 0.717) is 11.5 Å². The van der Waals surface area contributed by atoms with Crippen molar-refractivity contribution in [2.24, 2.45) is 0 Å². The number of nitriles is 1. The molecule has 0 aliphatic heterocycles. The van der Waals surface area contributed by atoms with Crippen molar-refractivity contribution in [3.63, 3.8) is 0 Å². The topological polar surface area (TPSA) is 61.1 Å². The van der Waals surface area contributed by atoms with E-state index in [1.165, 1.54) is 11.8 Å². The van der Waals surface area contributed by atoms with Gasteiger partial charge >= 0.3 is 5.97 Å². The maximum Gasteiger partial charge on any atom is 0.304 e. The molecule has 0 heterocycles. The lowest BCUT2D eigenvalue weighted by atomic mass is 10.5. The van der Waals surface area contributed by atoms with Crippen molar-refractivity contribution in [2.45, 2.75) is 6.42 Å². The van der Waals surface area contributed by atoms with Crippen LogP contribution in [0.5, 0.6) is 0 Å². The van der Waals surface area contributed by atoms with Gasteiger partial charge in [-0.2, -0.15) is 5.26 Å². The average molecular weight is 145 g/mol. The molecule has 0 aliphatic carbocycles. The van der Waals surface area contributed by atoms with Crippen LogP contribution in [0, 0.1) is 11.3 Å². The molecule has 0 fully saturated rings. The summed E-state index contributed by atoms with van der Waals surface area (Å²) in [5.41, 5.74) is 0. The summed E-state index contributed by atoms with van der Waals surface area (Å²) in [5.74, 6) is 0.108. The van der Waals surface area contributed by atoms with Crippen LogP contribution in [0.25, 0.3) is 0 Å². The molecule has 0 atom stereocenters. The van der Waals surface area contributed by atoms with E-state index in [1.807, 2.05) is 6.07 Å². The minimum atomic E-state index is -0.805. The van der Waals surface area contributed by atoms with Crippen LogP contribution in [0.15, 0.2) is 0 Å². The minimum Gasteiger partial charge on any atom is -0.481 e. The van der Waals surface area contributed by atoms with Crippen molar-refractivity contribution < 1.29 is 9.90 Å². The third-order valence-electron chi connectivity index (χ3n) is 0.627. The van der Waals surface area contributed by atoms with Gasteiger partial charge in [0, 0.05) is 5.75 Å². The summed E-state index contributed by atoms with van der Waals surface area (Å²) in [4.78, 5) is 9.87. The number of carboxylic acid groups (broad SMARTS) is 1. The van der Waals surface area contributed by atoms with Gasteiger partial charge in [0.2, 0.25) is 0 Å². The molecule has 0 aromatic carbocycles. The Morgan fingerprint density at radius 1 is 1.78 bits per heavy atom. The molecule has 0 rings (SSSR count). The monoisotopic (exact) mass is 145 g/mol. The van der Waals surface area contributed by atoms with Crippen molar-refractivity contribution >= 4 is 17.7 Å². The van der Waals surface area contributed by atoms with Gasteiger partial charge in [-0.15, -0.1) is 11.8 Å². The van der Waals surface area contributed by atoms with Crippen LogP contribution in [-0.2, 0) is 4.79 Å². The summed E-state index contributed by atoms with van der Waals surface area (Å²) in [6, 6.07) is 1.91. The van der Waals surface area contributed by atoms with Crippen molar-refractivity contribution in [1.82, 2.24) is 0 Å². The SMILES string of the molecule is N#CCSCCC(=O)O. The van der Waals surface area contributed by atoms with Gasteiger partial charge in [0.1, 0.15) is 0 Å². The third kappa shape index (κ3) is 7.31. The van der Waals surface area contributed by atoms with Crippen LogP contribution < -0.4 is 0 Å². The zero-order chi connectivity index (χ0) is 7.11. The first-order chi connectivity index (χ1) is 4.27. The third-order valence-corrected chi connectivity index (χ3v) is 1.45. The van der Waals surface area contributed by atoms with Crippen LogP contribution in [0.4, 0.5) is 0 Å². The fourth-order valence-corrected chi connectivity index (χ4v) is 0.832. The number of rotatable bonds is 4. The first-order valence-electron chi connectivity index (χ1n) is 2.44. The molecule has 3 nitrogen and oxygen atoms in total. The van der Waals surface area contributed by atoms with E-state index in [4.69, 9.17) is 10.4 Å². The van der Waals surface area contributed by atoms with Gasteiger partial charge in [0.15, 0.2) is 0 Å². The summed E-state index contributed by atoms with van der Waals surface area (Å²) >= 11 is 1.34. The fraction of sp³-hybridized carbons (Fsp3) is 0.600. The summed E-state index contributed by atoms with van der Waals surface area (Å²) in [6.45, 7) is 0. The highest BCUT2D eigenvalue weighted by molar-refractivity contribution is 7.99. The standard InChI is InChI=1S/C5H7NO2S/c6-2-4-9-3-1-5(7)8/h1,3-4H2,(H,7,8). The Bertz CT molecular complexity index is 129. The van der Waals surface area contributed by atoms with Crippen LogP contribution in [0.3, 0.4) is 0 Å². The van der Waals surface area contributed by atoms with E-state index in [1.54, 1.807) is 0 Å². The Morgan fingerprint density at radius 3 is 2.89 bits per heavy atom. The van der Waals surface area contributed by atoms with Crippen molar-refractivity contribution in [3.8, 4) is 6.07 Å². The van der Waals surface area contributed by atoms with Crippen LogP contribution in [-0.4, -0.2) is 22.6 Å². The highest BCUT2D eigenvalue weighted by Gasteiger charge is 1.94. The lowest BCUT2D eigenvalue weighted by Gasteiger charge is -1.89. The second kappa shape index (κ2) is 5.45. The predicted molar refractivity (Wildman–Crippen MR) is 35.2 cm³/mol. The van der Waals surface area contributed by atoms with Gasteiger partial charge in [0.05, 0.1) is 18.2 Å². The molecule has 0 saturated carbocycles. The zero-order valence-electron chi connectivity index (χ0n) is 4.83. The number of carbonyl (C=O) groups is 1. The second-order valence-corrected chi connectivity index (χ2v) is 2.46. The molecular formula is C5H7NO2S. The Balaban J connectivity index is 2.94. The molecule has 0 saturated heterocycles. The number of hydrogen-bond donors (Lipinski definition) is 1. The quantitative estimate of drug-likeness (QED) is 0.592. The van der Waals surface area contributed by atoms with Crippen LogP contribution in [0.1, 0.15) is 6.42 Å². The Labute approximate surface area is 57.7 Å². The molecule has 0 amide bonds. The van der Waals surface area contributed by atoms with E-state index < -0.39 is 5.97 Å². The van der Waals surface area contributed by atoms with Crippen molar-refractivity contribution in [1.29, 1.82) is 5.26 Å². The average Bonchev–Trinajstić information content (AvgIpc) is 1.80. The second-order valence-electron chi connectivity index (χ2n) is 1.35. The van der Waals surface area contributed by atoms with Crippen LogP contribution in [0.2, 0.25) is 0 Å². The van der Waals surface area contributed by atoms with Gasteiger partial charge in [-0.1, -0.05) is 0 Å². The fourth-order valence-electron chi connectivity index (χ4n) is 0.277. The molecule has 0 unspecified atom stereocenters. The van der Waals surface area contributed by atoms with E-state index >= 15 is 0 Å². The molecule has 0 spiro atoms. The normalized spacial score (nSPS) is 8.33. The molecule has 0 radical (unpaired) electrons. The first kappa shape index (κ1) is 8.31. The summed E-state index contributed by atoms with van der Waals surface area (Å²) in [5, 5.41) is 16.1. The highest BCUT2D eigenvalue weighted by Crippen LogP contribution is 1.99. The summed E-state index contributed by atoms with van der Waals surface area (Å²) < 4.78 is 0. The highest BCUT2D eigenvalue weighted by atomic mass is 32.2. The molecule has 4 heteroatoms. The first-order valence-corrected chi connectivity index (χ1v) is 3.59. The lowest BCUT2D eigenvalue weighted by Crippen LogP contribution is -1.95. The van der Waals surface area contributed by atoms with Gasteiger partial charge in [-0.25, -0.2) is 0 Å². The van der Waals surface area contributed by atoms with Crippen molar-refractivity contribution in [2.75, 3.05) is 11.5 Å². The van der Waals surface area contributed by atoms with Gasteiger partial charge in [-0.3, -0.25) is 4.79 Å². The van der Waals surface area contributed by atoms with E-state index in [9.17, 15) is 4.79 Å². The number of hydrogen-bond acceptors (Lipinski definition) is 3. The number of thioether (sulfide) groups is 1. The van der Waals surface area contributed by atoms with Crippen molar-refractivity contribution in [3.05, 3.63) is 0 Å². The zero-order valence-corrected chi connectivity index (χ0v) is 5.65. The molecule has 9 heavy (non-hydrogen) atoms. The van der Waals surface area contributed by atoms with Crippen LogP contribution >= 0.6 is 11.8 Å². The van der Waals surface area contributed by atoms with Gasteiger partial charge in [-0.05, 0) is 0 Å². The molecule has 0 aliphatic rings. The van der Waals surface area contributed by atoms with Gasteiger partial charge < -0.3 is 5.11 Å². The maximum absolute atomic E-state index is 9.87.